The molecular weight excluding hydrogens is 495 g/mol. The second-order valence-corrected chi connectivity index (χ2v) is 7.02. The highest BCUT2D eigenvalue weighted by Gasteiger charge is 1.95. The van der Waals surface area contributed by atoms with Gasteiger partial charge in [0.1, 0.15) is 0 Å². The van der Waals surface area contributed by atoms with E-state index in [1.807, 2.05) is 0 Å². The molecule has 0 atom stereocenters. The summed E-state index contributed by atoms with van der Waals surface area (Å²) >= 11 is 2.28. The van der Waals surface area contributed by atoms with Crippen LogP contribution in [0.1, 0.15) is 19.8 Å². The normalized spacial score (nSPS) is 11.4. The van der Waals surface area contributed by atoms with Crippen molar-refractivity contribution in [2.75, 3.05) is 110 Å². The molecule has 176 valence electrons. The first kappa shape index (κ1) is 29.4. The molecule has 0 radical (unpaired) electrons. The minimum absolute atomic E-state index is 0.551. The molecule has 0 aliphatic rings. The molecule has 0 bridgehead atoms. The average molecular weight is 536 g/mol. The molecule has 0 saturated heterocycles. The zero-order chi connectivity index (χ0) is 21.1. The van der Waals surface area contributed by atoms with Crippen LogP contribution in [0.25, 0.3) is 0 Å². The van der Waals surface area contributed by atoms with Gasteiger partial charge in [-0.2, -0.15) is 0 Å². The lowest BCUT2D eigenvalue weighted by atomic mass is 10.4. The number of halogens is 1. The van der Waals surface area contributed by atoms with E-state index in [-0.39, 0.29) is 0 Å². The summed E-state index contributed by atoms with van der Waals surface area (Å²) in [6.07, 6.45) is 2.26. The summed E-state index contributed by atoms with van der Waals surface area (Å²) < 4.78 is 44.2. The predicted molar refractivity (Wildman–Crippen MR) is 120 cm³/mol. The minimum atomic E-state index is 0.551. The molecule has 0 heterocycles. The van der Waals surface area contributed by atoms with Crippen LogP contribution in [-0.4, -0.2) is 110 Å². The number of hydrogen-bond donors (Lipinski definition) is 0. The lowest BCUT2D eigenvalue weighted by Crippen LogP contribution is -2.15. The maximum absolute atomic E-state index is 5.43. The Hall–Kier alpha value is 0.410. The van der Waals surface area contributed by atoms with Gasteiger partial charge >= 0.3 is 0 Å². The van der Waals surface area contributed by atoms with Crippen LogP contribution in [0, 0.1) is 0 Å². The Kier molecular flexibility index (Phi) is 28.8. The quantitative estimate of drug-likeness (QED) is 0.0949. The largest absolute Gasteiger partial charge is 0.379 e. The summed E-state index contributed by atoms with van der Waals surface area (Å²) in [5.74, 6) is 0. The third-order valence-electron chi connectivity index (χ3n) is 3.47. The fourth-order valence-corrected chi connectivity index (χ4v) is 2.25. The van der Waals surface area contributed by atoms with Crippen molar-refractivity contribution in [3.63, 3.8) is 0 Å². The molecule has 9 heteroatoms. The van der Waals surface area contributed by atoms with Gasteiger partial charge in [0.05, 0.1) is 99.1 Å². The van der Waals surface area contributed by atoms with Crippen LogP contribution in [-0.2, 0) is 37.9 Å². The zero-order valence-electron chi connectivity index (χ0n) is 18.1. The van der Waals surface area contributed by atoms with Crippen LogP contribution in [0.5, 0.6) is 0 Å². The van der Waals surface area contributed by atoms with Crippen molar-refractivity contribution < 1.29 is 37.9 Å². The Balaban J connectivity index is 2.97. The van der Waals surface area contributed by atoms with E-state index in [9.17, 15) is 0 Å². The Bertz CT molecular complexity index is 261. The minimum Gasteiger partial charge on any atom is -0.379 e. The highest BCUT2D eigenvalue weighted by molar-refractivity contribution is 14.1. The molecule has 0 aliphatic carbocycles. The van der Waals surface area contributed by atoms with Crippen molar-refractivity contribution in [3.8, 4) is 0 Å². The second-order valence-electron chi connectivity index (χ2n) is 5.94. The van der Waals surface area contributed by atoms with E-state index < -0.39 is 0 Å². The topological polar surface area (TPSA) is 73.8 Å². The van der Waals surface area contributed by atoms with Crippen molar-refractivity contribution in [1.29, 1.82) is 0 Å². The van der Waals surface area contributed by atoms with Crippen LogP contribution in [0.3, 0.4) is 0 Å². The number of unbranched alkanes of at least 4 members (excludes halogenated alkanes) is 1. The van der Waals surface area contributed by atoms with Crippen molar-refractivity contribution in [3.05, 3.63) is 0 Å². The van der Waals surface area contributed by atoms with Gasteiger partial charge in [0.15, 0.2) is 0 Å². The van der Waals surface area contributed by atoms with E-state index >= 15 is 0 Å². The third-order valence-corrected chi connectivity index (χ3v) is 3.91. The van der Waals surface area contributed by atoms with Crippen LogP contribution < -0.4 is 0 Å². The lowest BCUT2D eigenvalue weighted by molar-refractivity contribution is -0.0228. The van der Waals surface area contributed by atoms with Gasteiger partial charge in [0.25, 0.3) is 0 Å². The van der Waals surface area contributed by atoms with Gasteiger partial charge in [0.2, 0.25) is 0 Å². The maximum atomic E-state index is 5.43. The fraction of sp³-hybridized carbons (Fsp3) is 1.00. The number of hydrogen-bond acceptors (Lipinski definition) is 8. The Morgan fingerprint density at radius 1 is 0.379 bits per heavy atom. The predicted octanol–water partition coefficient (Wildman–Crippen LogP) is 2.35. The molecule has 0 aromatic rings. The van der Waals surface area contributed by atoms with Gasteiger partial charge in [-0.3, -0.25) is 0 Å². The SMILES string of the molecule is CCCCOCCOCCOCCOCCOCCOCCOCCOCCI. The fourth-order valence-electron chi connectivity index (χ4n) is 1.94. The first-order valence-electron chi connectivity index (χ1n) is 10.6. The third kappa shape index (κ3) is 28.4. The van der Waals surface area contributed by atoms with E-state index in [4.69, 9.17) is 37.9 Å². The molecular formula is C20H41IO8. The second kappa shape index (κ2) is 28.4. The van der Waals surface area contributed by atoms with E-state index in [1.165, 1.54) is 0 Å². The first-order valence-corrected chi connectivity index (χ1v) is 12.1. The van der Waals surface area contributed by atoms with Crippen molar-refractivity contribution in [1.82, 2.24) is 0 Å². The van der Waals surface area contributed by atoms with Gasteiger partial charge in [0, 0.05) is 11.0 Å². The van der Waals surface area contributed by atoms with Crippen molar-refractivity contribution in [2.45, 2.75) is 19.8 Å². The molecule has 0 rings (SSSR count). The molecule has 0 amide bonds. The van der Waals surface area contributed by atoms with Crippen molar-refractivity contribution in [2.24, 2.45) is 0 Å². The Morgan fingerprint density at radius 3 is 0.862 bits per heavy atom. The maximum Gasteiger partial charge on any atom is 0.0701 e. The molecule has 0 aromatic carbocycles. The molecule has 0 spiro atoms. The molecule has 8 nitrogen and oxygen atoms in total. The van der Waals surface area contributed by atoms with Crippen LogP contribution in [0.4, 0.5) is 0 Å². The first-order chi connectivity index (χ1) is 14.4. The molecule has 0 aliphatic heterocycles. The van der Waals surface area contributed by atoms with E-state index in [2.05, 4.69) is 29.5 Å². The molecule has 29 heavy (non-hydrogen) atoms. The summed E-state index contributed by atoms with van der Waals surface area (Å²) in [5, 5.41) is 0. The van der Waals surface area contributed by atoms with Gasteiger partial charge < -0.3 is 37.9 Å². The summed E-state index contributed by atoms with van der Waals surface area (Å²) in [6, 6.07) is 0. The van der Waals surface area contributed by atoms with Crippen molar-refractivity contribution >= 4 is 22.6 Å². The monoisotopic (exact) mass is 536 g/mol. The summed E-state index contributed by atoms with van der Waals surface area (Å²) in [5.41, 5.74) is 0. The summed E-state index contributed by atoms with van der Waals surface area (Å²) in [4.78, 5) is 0. The summed E-state index contributed by atoms with van der Waals surface area (Å²) in [7, 11) is 0. The van der Waals surface area contributed by atoms with E-state index in [0.717, 1.165) is 30.5 Å². The van der Waals surface area contributed by atoms with Crippen LogP contribution >= 0.6 is 22.6 Å². The molecule has 0 fully saturated rings. The number of alkyl halides is 1. The summed E-state index contributed by atoms with van der Waals surface area (Å²) in [6.45, 7) is 11.9. The smallest absolute Gasteiger partial charge is 0.0701 e. The Morgan fingerprint density at radius 2 is 0.621 bits per heavy atom. The lowest BCUT2D eigenvalue weighted by Gasteiger charge is -2.08. The standard InChI is InChI=1S/C20H41IO8/c1-2-3-5-22-7-9-24-11-13-26-15-17-28-19-20-29-18-16-27-14-12-25-10-8-23-6-4-21/h2-20H2,1H3. The van der Waals surface area contributed by atoms with Gasteiger partial charge in [-0.15, -0.1) is 0 Å². The average Bonchev–Trinajstić information content (AvgIpc) is 2.74. The van der Waals surface area contributed by atoms with E-state index in [1.54, 1.807) is 0 Å². The van der Waals surface area contributed by atoms with Gasteiger partial charge in [-0.05, 0) is 6.42 Å². The van der Waals surface area contributed by atoms with Crippen LogP contribution in [0.2, 0.25) is 0 Å². The van der Waals surface area contributed by atoms with Gasteiger partial charge in [-0.25, -0.2) is 0 Å². The molecule has 0 aromatic heterocycles. The highest BCUT2D eigenvalue weighted by Crippen LogP contribution is 1.89. The van der Waals surface area contributed by atoms with Crippen LogP contribution in [0.15, 0.2) is 0 Å². The van der Waals surface area contributed by atoms with E-state index in [0.29, 0.717) is 92.5 Å². The highest BCUT2D eigenvalue weighted by atomic mass is 127. The molecule has 0 unspecified atom stereocenters. The Labute approximate surface area is 190 Å². The van der Waals surface area contributed by atoms with Gasteiger partial charge in [-0.1, -0.05) is 35.9 Å². The molecule has 0 saturated carbocycles. The molecule has 0 N–H and O–H groups in total. The number of ether oxygens (including phenoxy) is 8. The zero-order valence-corrected chi connectivity index (χ0v) is 20.2. The number of rotatable bonds is 26.